The van der Waals surface area contributed by atoms with Crippen molar-refractivity contribution in [3.63, 3.8) is 0 Å². The van der Waals surface area contributed by atoms with Crippen molar-refractivity contribution in [1.82, 2.24) is 5.32 Å². The van der Waals surface area contributed by atoms with Crippen molar-refractivity contribution < 1.29 is 13.9 Å². The minimum absolute atomic E-state index is 0.0647. The minimum atomic E-state index is -0.344. The molecule has 1 aromatic rings. The molecule has 1 rings (SSSR count). The van der Waals surface area contributed by atoms with E-state index in [1.807, 2.05) is 6.92 Å². The molecule has 0 aliphatic carbocycles. The van der Waals surface area contributed by atoms with E-state index < -0.39 is 0 Å². The van der Waals surface area contributed by atoms with Gasteiger partial charge in [0.2, 0.25) is 0 Å². The summed E-state index contributed by atoms with van der Waals surface area (Å²) < 4.78 is 24.2. The van der Waals surface area contributed by atoms with Gasteiger partial charge in [0.1, 0.15) is 5.82 Å². The van der Waals surface area contributed by atoms with Crippen LogP contribution < -0.4 is 5.32 Å². The topological polar surface area (TPSA) is 30.5 Å². The van der Waals surface area contributed by atoms with Gasteiger partial charge in [-0.05, 0) is 24.6 Å². The van der Waals surface area contributed by atoms with Crippen LogP contribution in [0.5, 0.6) is 0 Å². The Balaban J connectivity index is 2.54. The molecule has 0 saturated heterocycles. The molecule has 0 aliphatic rings. The molecular formula is C14H21ClFNO2. The second-order valence-electron chi connectivity index (χ2n) is 4.24. The number of hydrogen-bond acceptors (Lipinski definition) is 3. The molecule has 0 heterocycles. The van der Waals surface area contributed by atoms with Crippen LogP contribution in [0, 0.1) is 5.82 Å². The van der Waals surface area contributed by atoms with Gasteiger partial charge in [0.25, 0.3) is 0 Å². The monoisotopic (exact) mass is 289 g/mol. The molecule has 19 heavy (non-hydrogen) atoms. The summed E-state index contributed by atoms with van der Waals surface area (Å²) in [5, 5.41) is 3.44. The van der Waals surface area contributed by atoms with Crippen molar-refractivity contribution in [2.75, 3.05) is 33.5 Å². The van der Waals surface area contributed by atoms with Gasteiger partial charge in [-0.25, -0.2) is 4.39 Å². The highest BCUT2D eigenvalue weighted by Crippen LogP contribution is 2.19. The molecule has 0 bridgehead atoms. The van der Waals surface area contributed by atoms with Gasteiger partial charge >= 0.3 is 0 Å². The number of benzene rings is 1. The number of nitrogens with one attached hydrogen (secondary N) is 1. The van der Waals surface area contributed by atoms with Gasteiger partial charge in [-0.3, -0.25) is 0 Å². The SMILES string of the molecule is CCNC(COCCOC)Cc1cccc(Cl)c1F. The van der Waals surface area contributed by atoms with Crippen LogP contribution in [0.1, 0.15) is 12.5 Å². The summed E-state index contributed by atoms with van der Waals surface area (Å²) in [6.07, 6.45) is 0.549. The third kappa shape index (κ3) is 5.87. The maximum atomic E-state index is 13.8. The van der Waals surface area contributed by atoms with Crippen molar-refractivity contribution in [2.45, 2.75) is 19.4 Å². The predicted octanol–water partition coefficient (Wildman–Crippen LogP) is 2.66. The fourth-order valence-corrected chi connectivity index (χ4v) is 2.01. The average molecular weight is 290 g/mol. The molecule has 0 radical (unpaired) electrons. The number of halogens is 2. The summed E-state index contributed by atoms with van der Waals surface area (Å²) in [5.74, 6) is -0.344. The highest BCUT2D eigenvalue weighted by molar-refractivity contribution is 6.30. The van der Waals surface area contributed by atoms with Crippen LogP contribution >= 0.6 is 11.6 Å². The Bertz CT molecular complexity index is 376. The van der Waals surface area contributed by atoms with Crippen LogP contribution in [-0.2, 0) is 15.9 Å². The van der Waals surface area contributed by atoms with Gasteiger partial charge in [0, 0.05) is 13.2 Å². The lowest BCUT2D eigenvalue weighted by molar-refractivity contribution is 0.0588. The Morgan fingerprint density at radius 1 is 1.37 bits per heavy atom. The number of ether oxygens (including phenoxy) is 2. The fraction of sp³-hybridized carbons (Fsp3) is 0.571. The van der Waals surface area contributed by atoms with E-state index in [9.17, 15) is 4.39 Å². The Morgan fingerprint density at radius 3 is 2.84 bits per heavy atom. The van der Waals surface area contributed by atoms with E-state index in [-0.39, 0.29) is 16.9 Å². The highest BCUT2D eigenvalue weighted by atomic mass is 35.5. The number of rotatable bonds is 9. The maximum absolute atomic E-state index is 13.8. The van der Waals surface area contributed by atoms with E-state index >= 15 is 0 Å². The second-order valence-corrected chi connectivity index (χ2v) is 4.65. The second kappa shape index (κ2) is 9.26. The lowest BCUT2D eigenvalue weighted by Crippen LogP contribution is -2.36. The molecule has 1 atom stereocenters. The first kappa shape index (κ1) is 16.4. The zero-order chi connectivity index (χ0) is 14.1. The molecule has 0 aliphatic heterocycles. The van der Waals surface area contributed by atoms with E-state index in [4.69, 9.17) is 21.1 Å². The van der Waals surface area contributed by atoms with E-state index in [2.05, 4.69) is 5.32 Å². The quantitative estimate of drug-likeness (QED) is 0.709. The Hall–Kier alpha value is -0.680. The molecule has 3 nitrogen and oxygen atoms in total. The number of hydrogen-bond donors (Lipinski definition) is 1. The van der Waals surface area contributed by atoms with E-state index in [0.29, 0.717) is 31.8 Å². The van der Waals surface area contributed by atoms with Crippen LogP contribution in [0.4, 0.5) is 4.39 Å². The lowest BCUT2D eigenvalue weighted by Gasteiger charge is -2.18. The van der Waals surface area contributed by atoms with E-state index in [0.717, 1.165) is 6.54 Å². The summed E-state index contributed by atoms with van der Waals surface area (Å²) in [6.45, 7) is 4.43. The van der Waals surface area contributed by atoms with E-state index in [1.54, 1.807) is 25.3 Å². The van der Waals surface area contributed by atoms with Gasteiger partial charge in [-0.2, -0.15) is 0 Å². The van der Waals surface area contributed by atoms with Crippen LogP contribution in [0.3, 0.4) is 0 Å². The van der Waals surface area contributed by atoms with Crippen LogP contribution in [0.25, 0.3) is 0 Å². The average Bonchev–Trinajstić information content (AvgIpc) is 2.40. The maximum Gasteiger partial charge on any atom is 0.145 e. The largest absolute Gasteiger partial charge is 0.382 e. The Labute approximate surface area is 119 Å². The third-order valence-corrected chi connectivity index (χ3v) is 3.03. The van der Waals surface area contributed by atoms with Crippen molar-refractivity contribution in [1.29, 1.82) is 0 Å². The van der Waals surface area contributed by atoms with Gasteiger partial charge in [-0.15, -0.1) is 0 Å². The summed E-state index contributed by atoms with van der Waals surface area (Å²) in [7, 11) is 1.63. The first-order chi connectivity index (χ1) is 9.19. The fourth-order valence-electron chi connectivity index (χ4n) is 1.82. The molecule has 1 N–H and O–H groups in total. The number of methoxy groups -OCH3 is 1. The molecule has 0 fully saturated rings. The first-order valence-electron chi connectivity index (χ1n) is 6.42. The molecule has 0 saturated carbocycles. The van der Waals surface area contributed by atoms with Gasteiger partial charge in [0.05, 0.1) is 24.8 Å². The minimum Gasteiger partial charge on any atom is -0.382 e. The van der Waals surface area contributed by atoms with Crippen LogP contribution in [0.2, 0.25) is 5.02 Å². The molecule has 0 spiro atoms. The van der Waals surface area contributed by atoms with Crippen molar-refractivity contribution in [2.24, 2.45) is 0 Å². The van der Waals surface area contributed by atoms with E-state index in [1.165, 1.54) is 0 Å². The summed E-state index contributed by atoms with van der Waals surface area (Å²) in [4.78, 5) is 0. The normalized spacial score (nSPS) is 12.6. The van der Waals surface area contributed by atoms with Gasteiger partial charge in [0.15, 0.2) is 0 Å². The number of likely N-dealkylation sites (N-methyl/N-ethyl adjacent to an activating group) is 1. The first-order valence-corrected chi connectivity index (χ1v) is 6.79. The third-order valence-electron chi connectivity index (χ3n) is 2.74. The Kier molecular flexibility index (Phi) is 7.98. The van der Waals surface area contributed by atoms with Crippen molar-refractivity contribution in [3.8, 4) is 0 Å². The van der Waals surface area contributed by atoms with Crippen molar-refractivity contribution >= 4 is 11.6 Å². The Morgan fingerprint density at radius 2 is 2.16 bits per heavy atom. The molecule has 108 valence electrons. The molecule has 0 amide bonds. The molecule has 1 unspecified atom stereocenters. The van der Waals surface area contributed by atoms with Crippen molar-refractivity contribution in [3.05, 3.63) is 34.6 Å². The van der Waals surface area contributed by atoms with Crippen LogP contribution in [-0.4, -0.2) is 39.5 Å². The molecular weight excluding hydrogens is 269 g/mol. The van der Waals surface area contributed by atoms with Gasteiger partial charge in [-0.1, -0.05) is 30.7 Å². The van der Waals surface area contributed by atoms with Gasteiger partial charge < -0.3 is 14.8 Å². The highest BCUT2D eigenvalue weighted by Gasteiger charge is 2.13. The smallest absolute Gasteiger partial charge is 0.145 e. The predicted molar refractivity (Wildman–Crippen MR) is 75.3 cm³/mol. The summed E-state index contributed by atoms with van der Waals surface area (Å²) in [6, 6.07) is 5.13. The summed E-state index contributed by atoms with van der Waals surface area (Å²) in [5.41, 5.74) is 0.605. The summed E-state index contributed by atoms with van der Waals surface area (Å²) >= 11 is 5.78. The molecule has 1 aromatic carbocycles. The zero-order valence-electron chi connectivity index (χ0n) is 11.4. The van der Waals surface area contributed by atoms with Crippen LogP contribution in [0.15, 0.2) is 18.2 Å². The molecule has 5 heteroatoms. The standard InChI is InChI=1S/C14H21ClFNO2/c1-3-17-12(10-19-8-7-18-2)9-11-5-4-6-13(15)14(11)16/h4-6,12,17H,3,7-10H2,1-2H3. The zero-order valence-corrected chi connectivity index (χ0v) is 12.2. The molecule has 0 aromatic heterocycles. The lowest BCUT2D eigenvalue weighted by atomic mass is 10.1.